The molecule has 228 valence electrons. The van der Waals surface area contributed by atoms with Gasteiger partial charge >= 0.3 is 0 Å². The summed E-state index contributed by atoms with van der Waals surface area (Å²) in [5.74, 6) is 0. The highest BCUT2D eigenvalue weighted by Crippen LogP contribution is 2.50. The molecule has 0 amide bonds. The fourth-order valence-corrected chi connectivity index (χ4v) is 10.8. The molecule has 0 heterocycles. The smallest absolute Gasteiger partial charge is 0.000754 e. The molecule has 0 heteroatoms. The van der Waals surface area contributed by atoms with Gasteiger partial charge in [-0.3, -0.25) is 0 Å². The maximum atomic E-state index is 2.45. The number of rotatable bonds is 0. The van der Waals surface area contributed by atoms with Crippen LogP contribution in [-0.2, 0) is 6.42 Å². The number of hydrogen-bond donors (Lipinski definition) is 0. The summed E-state index contributed by atoms with van der Waals surface area (Å²) >= 11 is 0. The number of fused-ring (bicyclic) bond motifs is 11. The third-order valence-electron chi connectivity index (χ3n) is 13.1. The standard InChI is InChI=1S/C45H48/c1-18-16-21(4)37-34(18)22(5)24(7)42-41(37)26(9)27(10)44-43(42)25(8)23(6)38-31(14)40-33(29(12)45(38)44)17-32-28(11)35-19(2)15-20(3)36(35)30(13)39(32)40/h15-17H2,1-14H3. The van der Waals surface area contributed by atoms with Crippen LogP contribution in [0.3, 0.4) is 0 Å². The van der Waals surface area contributed by atoms with E-state index in [1.807, 2.05) is 0 Å². The van der Waals surface area contributed by atoms with Crippen molar-refractivity contribution in [2.75, 3.05) is 0 Å². The maximum Gasteiger partial charge on any atom is -0.000754 e. The molecule has 0 nitrogen and oxygen atoms in total. The van der Waals surface area contributed by atoms with E-state index in [-0.39, 0.29) is 0 Å². The van der Waals surface area contributed by atoms with Gasteiger partial charge in [-0.05, 0) is 247 Å². The molecule has 0 unspecified atom stereocenters. The molecular weight excluding hydrogens is 540 g/mol. The molecule has 5 aromatic carbocycles. The van der Waals surface area contributed by atoms with Crippen molar-refractivity contribution in [3.8, 4) is 11.1 Å². The first-order chi connectivity index (χ1) is 21.2. The van der Waals surface area contributed by atoms with Crippen LogP contribution >= 0.6 is 0 Å². The molecule has 3 aliphatic rings. The summed E-state index contributed by atoms with van der Waals surface area (Å²) in [6, 6.07) is 0. The van der Waals surface area contributed by atoms with Crippen LogP contribution in [0.5, 0.6) is 0 Å². The topological polar surface area (TPSA) is 0 Å². The van der Waals surface area contributed by atoms with E-state index in [2.05, 4.69) is 96.9 Å². The Bertz CT molecular complexity index is 2610. The summed E-state index contributed by atoms with van der Waals surface area (Å²) in [6.45, 7) is 33.5. The molecule has 0 spiro atoms. The zero-order chi connectivity index (χ0) is 32.3. The van der Waals surface area contributed by atoms with E-state index in [0.29, 0.717) is 0 Å². The van der Waals surface area contributed by atoms with E-state index in [9.17, 15) is 0 Å². The van der Waals surface area contributed by atoms with Crippen LogP contribution in [-0.4, -0.2) is 0 Å². The normalized spacial score (nSPS) is 15.3. The highest BCUT2D eigenvalue weighted by atomic mass is 14.4. The summed E-state index contributed by atoms with van der Waals surface area (Å²) < 4.78 is 0. The van der Waals surface area contributed by atoms with E-state index in [1.165, 1.54) is 120 Å². The highest BCUT2D eigenvalue weighted by molar-refractivity contribution is 6.25. The molecule has 0 saturated carbocycles. The summed E-state index contributed by atoms with van der Waals surface area (Å²) in [5, 5.41) is 15.1. The van der Waals surface area contributed by atoms with E-state index < -0.39 is 0 Å². The highest BCUT2D eigenvalue weighted by Gasteiger charge is 2.32. The van der Waals surface area contributed by atoms with Gasteiger partial charge in [0.1, 0.15) is 0 Å². The van der Waals surface area contributed by atoms with Crippen LogP contribution < -0.4 is 20.9 Å². The first-order valence-electron chi connectivity index (χ1n) is 17.1. The van der Waals surface area contributed by atoms with Gasteiger partial charge in [0.25, 0.3) is 0 Å². The zero-order valence-corrected chi connectivity index (χ0v) is 30.1. The molecule has 0 radical (unpaired) electrons. The molecule has 8 rings (SSSR count). The van der Waals surface area contributed by atoms with Crippen molar-refractivity contribution in [1.82, 2.24) is 0 Å². The minimum absolute atomic E-state index is 1.05. The largest absolute Gasteiger partial charge is 0.0611 e. The first-order valence-corrected chi connectivity index (χ1v) is 17.1. The van der Waals surface area contributed by atoms with Crippen LogP contribution in [0.25, 0.3) is 65.7 Å². The maximum absolute atomic E-state index is 2.45. The zero-order valence-electron chi connectivity index (χ0n) is 30.1. The van der Waals surface area contributed by atoms with Crippen molar-refractivity contribution < 1.29 is 0 Å². The van der Waals surface area contributed by atoms with Crippen molar-refractivity contribution in [1.29, 1.82) is 0 Å². The van der Waals surface area contributed by atoms with Crippen LogP contribution in [0.4, 0.5) is 0 Å². The average molecular weight is 589 g/mol. The van der Waals surface area contributed by atoms with Gasteiger partial charge in [0.15, 0.2) is 0 Å². The van der Waals surface area contributed by atoms with Crippen molar-refractivity contribution in [3.05, 3.63) is 87.6 Å². The second kappa shape index (κ2) is 9.00. The van der Waals surface area contributed by atoms with Gasteiger partial charge in [-0.25, -0.2) is 0 Å². The third kappa shape index (κ3) is 3.19. The third-order valence-corrected chi connectivity index (χ3v) is 13.1. The predicted molar refractivity (Wildman–Crippen MR) is 199 cm³/mol. The number of hydrogen-bond acceptors (Lipinski definition) is 0. The molecular formula is C45H48. The van der Waals surface area contributed by atoms with Gasteiger partial charge in [0, 0.05) is 0 Å². The lowest BCUT2D eigenvalue weighted by Crippen LogP contribution is -2.31. The van der Waals surface area contributed by atoms with Gasteiger partial charge in [-0.15, -0.1) is 0 Å². The summed E-state index contributed by atoms with van der Waals surface area (Å²) in [6.07, 6.45) is 3.27. The molecule has 45 heavy (non-hydrogen) atoms. The van der Waals surface area contributed by atoms with Crippen LogP contribution in [0.15, 0.2) is 0 Å². The molecule has 0 N–H and O–H groups in total. The fraction of sp³-hybridized carbons (Fsp3) is 0.378. The summed E-state index contributed by atoms with van der Waals surface area (Å²) in [7, 11) is 0. The number of aryl methyl sites for hydroxylation is 7. The summed E-state index contributed by atoms with van der Waals surface area (Å²) in [5.41, 5.74) is 27.2. The Kier molecular flexibility index (Phi) is 5.76. The Morgan fingerprint density at radius 3 is 1.18 bits per heavy atom. The minimum atomic E-state index is 1.05. The lowest BCUT2D eigenvalue weighted by atomic mass is 9.78. The van der Waals surface area contributed by atoms with Gasteiger partial charge in [0.05, 0.1) is 0 Å². The molecule has 5 aromatic rings. The Morgan fingerprint density at radius 2 is 0.600 bits per heavy atom. The fourth-order valence-electron chi connectivity index (χ4n) is 10.8. The first kappa shape index (κ1) is 28.8. The summed E-state index contributed by atoms with van der Waals surface area (Å²) in [4.78, 5) is 0. The molecule has 0 fully saturated rings. The van der Waals surface area contributed by atoms with E-state index >= 15 is 0 Å². The molecule has 3 aliphatic carbocycles. The van der Waals surface area contributed by atoms with E-state index in [4.69, 9.17) is 0 Å². The Balaban J connectivity index is 1.64. The van der Waals surface area contributed by atoms with Gasteiger partial charge in [0.2, 0.25) is 0 Å². The lowest BCUT2D eigenvalue weighted by Gasteiger charge is -2.25. The molecule has 0 bridgehead atoms. The van der Waals surface area contributed by atoms with Crippen molar-refractivity contribution in [2.24, 2.45) is 0 Å². The van der Waals surface area contributed by atoms with Gasteiger partial charge in [-0.2, -0.15) is 0 Å². The predicted octanol–water partition coefficient (Wildman–Crippen LogP) is 9.29. The van der Waals surface area contributed by atoms with Crippen LogP contribution in [0.2, 0.25) is 0 Å². The molecule has 0 saturated heterocycles. The van der Waals surface area contributed by atoms with Gasteiger partial charge < -0.3 is 0 Å². The molecule has 0 aliphatic heterocycles. The average Bonchev–Trinajstić information content (AvgIpc) is 3.63. The second-order valence-corrected chi connectivity index (χ2v) is 15.4. The van der Waals surface area contributed by atoms with Crippen molar-refractivity contribution in [2.45, 2.75) is 116 Å². The minimum Gasteiger partial charge on any atom is -0.0611 e. The Hall–Kier alpha value is -3.64. The SMILES string of the molecule is CC1=c2c(C)c3c(c(C)c2=C(C)C1)-c1c(c(C)c2c(c1C)c(C)c(C)c1c4c(C)c(C)c5c(c4c(C)c(C)c21)=C(C)CC=5C)C3. The van der Waals surface area contributed by atoms with Crippen LogP contribution in [0, 0.1) is 69.2 Å². The van der Waals surface area contributed by atoms with Crippen molar-refractivity contribution in [3.63, 3.8) is 0 Å². The van der Waals surface area contributed by atoms with Crippen LogP contribution in [0.1, 0.15) is 107 Å². The van der Waals surface area contributed by atoms with E-state index in [0.717, 1.165) is 19.3 Å². The quantitative estimate of drug-likeness (QED) is 0.155. The van der Waals surface area contributed by atoms with Gasteiger partial charge in [-0.1, -0.05) is 22.3 Å². The monoisotopic (exact) mass is 588 g/mol. The Morgan fingerprint density at radius 1 is 0.244 bits per heavy atom. The second-order valence-electron chi connectivity index (χ2n) is 15.4. The molecule has 0 atom stereocenters. The molecule has 0 aromatic heterocycles. The van der Waals surface area contributed by atoms with E-state index in [1.54, 1.807) is 33.1 Å². The lowest BCUT2D eigenvalue weighted by molar-refractivity contribution is 1.16. The Labute approximate surface area is 268 Å². The number of benzene rings is 5. The van der Waals surface area contributed by atoms with Crippen molar-refractivity contribution >= 4 is 54.6 Å².